The van der Waals surface area contributed by atoms with Crippen molar-refractivity contribution >= 4 is 5.97 Å². The molecule has 4 nitrogen and oxygen atoms in total. The summed E-state index contributed by atoms with van der Waals surface area (Å²) in [4.78, 5) is 10.8. The van der Waals surface area contributed by atoms with Crippen LogP contribution in [0, 0.1) is 13.8 Å². The van der Waals surface area contributed by atoms with Gasteiger partial charge < -0.3 is 15.5 Å². The number of carboxylic acids is 1. The lowest BCUT2D eigenvalue weighted by Gasteiger charge is -2.25. The van der Waals surface area contributed by atoms with Crippen molar-refractivity contribution in [2.75, 3.05) is 6.54 Å². The summed E-state index contributed by atoms with van der Waals surface area (Å²) >= 11 is 0. The van der Waals surface area contributed by atoms with E-state index in [1.807, 2.05) is 32.0 Å². The lowest BCUT2D eigenvalue weighted by molar-refractivity contribution is -0.137. The Balaban J connectivity index is 2.83. The summed E-state index contributed by atoms with van der Waals surface area (Å²) in [6, 6.07) is 5.76. The van der Waals surface area contributed by atoms with Gasteiger partial charge in [-0.2, -0.15) is 0 Å². The quantitative estimate of drug-likeness (QED) is 0.612. The van der Waals surface area contributed by atoms with E-state index in [1.54, 1.807) is 0 Å². The topological polar surface area (TPSA) is 69.6 Å². The second-order valence-corrected chi connectivity index (χ2v) is 5.65. The van der Waals surface area contributed by atoms with Gasteiger partial charge in [0.2, 0.25) is 0 Å². The molecule has 1 rings (SSSR count). The summed E-state index contributed by atoms with van der Waals surface area (Å²) in [5.41, 5.74) is 3.01. The van der Waals surface area contributed by atoms with E-state index in [0.29, 0.717) is 6.42 Å². The summed E-state index contributed by atoms with van der Waals surface area (Å²) < 4.78 is 0. The molecule has 0 bridgehead atoms. The molecular formula is C17H27NO3. The van der Waals surface area contributed by atoms with Crippen molar-refractivity contribution in [2.45, 2.75) is 58.6 Å². The van der Waals surface area contributed by atoms with E-state index in [-0.39, 0.29) is 12.5 Å². The van der Waals surface area contributed by atoms with E-state index in [2.05, 4.69) is 12.2 Å². The normalized spacial score (nSPS) is 13.9. The Morgan fingerprint density at radius 3 is 2.67 bits per heavy atom. The van der Waals surface area contributed by atoms with E-state index < -0.39 is 12.1 Å². The number of nitrogens with one attached hydrogen (secondary N) is 1. The minimum Gasteiger partial charge on any atom is -0.481 e. The molecule has 0 amide bonds. The maximum Gasteiger partial charge on any atom is 0.303 e. The molecule has 0 saturated carbocycles. The van der Waals surface area contributed by atoms with Crippen molar-refractivity contribution in [1.29, 1.82) is 0 Å². The van der Waals surface area contributed by atoms with Crippen LogP contribution in [-0.4, -0.2) is 28.8 Å². The highest BCUT2D eigenvalue weighted by Gasteiger charge is 2.22. The molecule has 21 heavy (non-hydrogen) atoms. The zero-order valence-corrected chi connectivity index (χ0v) is 13.2. The summed E-state index contributed by atoms with van der Waals surface area (Å²) in [5, 5.41) is 22.8. The predicted molar refractivity (Wildman–Crippen MR) is 84.4 cm³/mol. The molecule has 0 aromatic heterocycles. The van der Waals surface area contributed by atoms with Gasteiger partial charge in [-0.15, -0.1) is 0 Å². The average molecular weight is 293 g/mol. The van der Waals surface area contributed by atoms with Crippen LogP contribution in [0.5, 0.6) is 0 Å². The second kappa shape index (κ2) is 8.80. The average Bonchev–Trinajstić information content (AvgIpc) is 2.44. The molecule has 1 aromatic carbocycles. The van der Waals surface area contributed by atoms with Crippen molar-refractivity contribution in [1.82, 2.24) is 5.32 Å². The van der Waals surface area contributed by atoms with Crippen LogP contribution in [0.25, 0.3) is 0 Å². The zero-order chi connectivity index (χ0) is 15.8. The fourth-order valence-electron chi connectivity index (χ4n) is 2.41. The second-order valence-electron chi connectivity index (χ2n) is 5.65. The molecule has 0 spiro atoms. The number of rotatable bonds is 9. The molecule has 4 heteroatoms. The van der Waals surface area contributed by atoms with Gasteiger partial charge in [0.05, 0.1) is 6.10 Å². The highest BCUT2D eigenvalue weighted by atomic mass is 16.4. The molecule has 0 fully saturated rings. The maximum absolute atomic E-state index is 10.8. The Bertz CT molecular complexity index is 459. The number of benzene rings is 1. The number of hydrogen-bond acceptors (Lipinski definition) is 3. The predicted octanol–water partition coefficient (Wildman–Crippen LogP) is 2.96. The minimum atomic E-state index is -0.828. The number of aryl methyl sites for hydroxylation is 2. The van der Waals surface area contributed by atoms with Gasteiger partial charge in [-0.05, 0) is 44.4 Å². The molecule has 2 unspecified atom stereocenters. The van der Waals surface area contributed by atoms with Crippen molar-refractivity contribution in [3.05, 3.63) is 34.9 Å². The number of unbranched alkanes of at least 4 members (excludes halogenated alkanes) is 1. The lowest BCUT2D eigenvalue weighted by Crippen LogP contribution is -2.36. The number of aliphatic carboxylic acids is 1. The van der Waals surface area contributed by atoms with Gasteiger partial charge >= 0.3 is 5.97 Å². The fourth-order valence-corrected chi connectivity index (χ4v) is 2.41. The Labute approximate surface area is 127 Å². The van der Waals surface area contributed by atoms with Gasteiger partial charge in [0.25, 0.3) is 0 Å². The Morgan fingerprint density at radius 2 is 2.05 bits per heavy atom. The lowest BCUT2D eigenvalue weighted by atomic mass is 9.93. The van der Waals surface area contributed by atoms with E-state index in [0.717, 1.165) is 36.1 Å². The standard InChI is InChI=1S/C17H27NO3/c1-4-5-10-18-15(8-9-16(19)20)17(21)14-11-12(2)6-7-13(14)3/h6-7,11,15,17-18,21H,4-5,8-10H2,1-3H3,(H,19,20). The third kappa shape index (κ3) is 5.86. The van der Waals surface area contributed by atoms with E-state index >= 15 is 0 Å². The number of hydrogen-bond donors (Lipinski definition) is 3. The van der Waals surface area contributed by atoms with Crippen molar-refractivity contribution in [3.63, 3.8) is 0 Å². The monoisotopic (exact) mass is 293 g/mol. The van der Waals surface area contributed by atoms with Crippen LogP contribution in [0.3, 0.4) is 0 Å². The minimum absolute atomic E-state index is 0.0612. The smallest absolute Gasteiger partial charge is 0.303 e. The SMILES string of the molecule is CCCCNC(CCC(=O)O)C(O)c1cc(C)ccc1C. The van der Waals surface area contributed by atoms with E-state index in [4.69, 9.17) is 5.11 Å². The Hall–Kier alpha value is -1.39. The van der Waals surface area contributed by atoms with Crippen LogP contribution in [0.4, 0.5) is 0 Å². The molecule has 2 atom stereocenters. The van der Waals surface area contributed by atoms with Gasteiger partial charge in [0.15, 0.2) is 0 Å². The molecule has 0 radical (unpaired) electrons. The molecule has 3 N–H and O–H groups in total. The zero-order valence-electron chi connectivity index (χ0n) is 13.2. The summed E-state index contributed by atoms with van der Waals surface area (Å²) in [6.45, 7) is 6.86. The van der Waals surface area contributed by atoms with Gasteiger partial charge in [0.1, 0.15) is 0 Å². The molecule has 0 aliphatic rings. The number of carbonyl (C=O) groups is 1. The molecule has 0 heterocycles. The number of aliphatic hydroxyl groups excluding tert-OH is 1. The van der Waals surface area contributed by atoms with Crippen molar-refractivity contribution in [2.24, 2.45) is 0 Å². The highest BCUT2D eigenvalue weighted by molar-refractivity contribution is 5.66. The summed E-state index contributed by atoms with van der Waals surface area (Å²) in [7, 11) is 0. The Morgan fingerprint density at radius 1 is 1.33 bits per heavy atom. The first-order valence-electron chi connectivity index (χ1n) is 7.66. The third-order valence-corrected chi connectivity index (χ3v) is 3.74. The van der Waals surface area contributed by atoms with Crippen LogP contribution >= 0.6 is 0 Å². The highest BCUT2D eigenvalue weighted by Crippen LogP contribution is 2.24. The Kier molecular flexibility index (Phi) is 7.40. The van der Waals surface area contributed by atoms with Crippen LogP contribution in [0.15, 0.2) is 18.2 Å². The third-order valence-electron chi connectivity index (χ3n) is 3.74. The van der Waals surface area contributed by atoms with E-state index in [9.17, 15) is 9.90 Å². The summed E-state index contributed by atoms with van der Waals surface area (Å²) in [6.07, 6.45) is 1.89. The largest absolute Gasteiger partial charge is 0.481 e. The fraction of sp³-hybridized carbons (Fsp3) is 0.588. The molecule has 0 aliphatic carbocycles. The van der Waals surface area contributed by atoms with Crippen LogP contribution in [0.1, 0.15) is 55.4 Å². The molecule has 1 aromatic rings. The van der Waals surface area contributed by atoms with Gasteiger partial charge in [-0.3, -0.25) is 4.79 Å². The number of aliphatic hydroxyl groups is 1. The van der Waals surface area contributed by atoms with Crippen LogP contribution in [0.2, 0.25) is 0 Å². The van der Waals surface area contributed by atoms with Gasteiger partial charge in [-0.1, -0.05) is 37.1 Å². The first-order valence-corrected chi connectivity index (χ1v) is 7.66. The maximum atomic E-state index is 10.8. The van der Waals surface area contributed by atoms with Gasteiger partial charge in [-0.25, -0.2) is 0 Å². The first-order chi connectivity index (χ1) is 9.95. The molecule has 0 aliphatic heterocycles. The van der Waals surface area contributed by atoms with Crippen LogP contribution in [-0.2, 0) is 4.79 Å². The first kappa shape index (κ1) is 17.7. The van der Waals surface area contributed by atoms with E-state index in [1.165, 1.54) is 0 Å². The van der Waals surface area contributed by atoms with Crippen LogP contribution < -0.4 is 5.32 Å². The molecule has 0 saturated heterocycles. The summed E-state index contributed by atoms with van der Waals surface area (Å²) in [5.74, 6) is -0.828. The van der Waals surface area contributed by atoms with Crippen molar-refractivity contribution < 1.29 is 15.0 Å². The molecular weight excluding hydrogens is 266 g/mol. The molecule has 118 valence electrons. The number of carboxylic acid groups (broad SMARTS) is 1. The van der Waals surface area contributed by atoms with Gasteiger partial charge in [0, 0.05) is 12.5 Å². The van der Waals surface area contributed by atoms with Crippen molar-refractivity contribution in [3.8, 4) is 0 Å².